The predicted molar refractivity (Wildman–Crippen MR) is 85.1 cm³/mol. The summed E-state index contributed by atoms with van der Waals surface area (Å²) in [5.41, 5.74) is 5.47. The summed E-state index contributed by atoms with van der Waals surface area (Å²) >= 11 is 0. The number of nitrogens with zero attached hydrogens (tertiary/aromatic N) is 1. The molecule has 3 N–H and O–H groups in total. The van der Waals surface area contributed by atoms with Crippen molar-refractivity contribution in [3.63, 3.8) is 0 Å². The summed E-state index contributed by atoms with van der Waals surface area (Å²) in [6.45, 7) is 12.1. The first-order chi connectivity index (χ1) is 9.60. The van der Waals surface area contributed by atoms with Crippen LogP contribution in [0.3, 0.4) is 0 Å². The van der Waals surface area contributed by atoms with Crippen molar-refractivity contribution in [2.45, 2.75) is 40.2 Å². The Balaban J connectivity index is 3.97. The SMILES string of the molecule is CCO[Si](CCCNCCN=C(C)N)(OCC)OCC. The van der Waals surface area contributed by atoms with Crippen LogP contribution in [0.2, 0.25) is 6.04 Å². The molecule has 6 nitrogen and oxygen atoms in total. The Morgan fingerprint density at radius 1 is 1.05 bits per heavy atom. The highest BCUT2D eigenvalue weighted by Crippen LogP contribution is 2.17. The molecule has 0 aliphatic rings. The standard InChI is InChI=1S/C13H31N3O3Si/c1-5-17-20(18-6-2,19-7-3)12-8-9-15-10-11-16-13(4)14/h15H,5-12H2,1-4H3,(H2,14,16). The zero-order valence-corrected chi connectivity index (χ0v) is 14.4. The summed E-state index contributed by atoms with van der Waals surface area (Å²) in [5.74, 6) is 0.627. The van der Waals surface area contributed by atoms with Crippen molar-refractivity contribution in [2.75, 3.05) is 39.5 Å². The molecule has 7 heteroatoms. The zero-order valence-electron chi connectivity index (χ0n) is 13.4. The van der Waals surface area contributed by atoms with Crippen LogP contribution >= 0.6 is 0 Å². The molecule has 0 aliphatic carbocycles. The first-order valence-corrected chi connectivity index (χ1v) is 9.42. The van der Waals surface area contributed by atoms with E-state index in [2.05, 4.69) is 10.3 Å². The number of aliphatic imine (C=N–C) groups is 1. The fourth-order valence-corrected chi connectivity index (χ4v) is 4.48. The second kappa shape index (κ2) is 12.3. The quantitative estimate of drug-likeness (QED) is 0.233. The molecule has 0 unspecified atom stereocenters. The summed E-state index contributed by atoms with van der Waals surface area (Å²) in [4.78, 5) is 4.13. The van der Waals surface area contributed by atoms with Gasteiger partial charge in [-0.25, -0.2) is 0 Å². The summed E-state index contributed by atoms with van der Waals surface area (Å²) in [7, 11) is -2.47. The van der Waals surface area contributed by atoms with Gasteiger partial charge in [0.15, 0.2) is 0 Å². The van der Waals surface area contributed by atoms with E-state index in [1.165, 1.54) is 0 Å². The zero-order chi connectivity index (χ0) is 15.3. The first-order valence-electron chi connectivity index (χ1n) is 7.49. The maximum absolute atomic E-state index is 5.80. The van der Waals surface area contributed by atoms with Crippen molar-refractivity contribution < 1.29 is 13.3 Å². The van der Waals surface area contributed by atoms with Gasteiger partial charge < -0.3 is 24.3 Å². The first kappa shape index (κ1) is 19.5. The maximum Gasteiger partial charge on any atom is 0.500 e. The third kappa shape index (κ3) is 9.43. The number of hydrogen-bond acceptors (Lipinski definition) is 5. The number of hydrogen-bond donors (Lipinski definition) is 2. The normalized spacial score (nSPS) is 12.9. The van der Waals surface area contributed by atoms with Gasteiger partial charge in [-0.1, -0.05) is 0 Å². The van der Waals surface area contributed by atoms with Gasteiger partial charge in [-0.3, -0.25) is 4.99 Å². The smallest absolute Gasteiger partial charge is 0.388 e. The lowest BCUT2D eigenvalue weighted by molar-refractivity contribution is 0.0708. The molecule has 0 rings (SSSR count). The molecule has 20 heavy (non-hydrogen) atoms. The molecule has 0 aromatic heterocycles. The van der Waals surface area contributed by atoms with E-state index in [0.717, 1.165) is 25.6 Å². The van der Waals surface area contributed by atoms with Crippen LogP contribution in [-0.4, -0.2) is 54.1 Å². The molecule has 0 aromatic rings. The summed E-state index contributed by atoms with van der Waals surface area (Å²) in [6.07, 6.45) is 0.970. The van der Waals surface area contributed by atoms with Crippen molar-refractivity contribution in [3.8, 4) is 0 Å². The van der Waals surface area contributed by atoms with Crippen LogP contribution in [0.4, 0.5) is 0 Å². The lowest BCUT2D eigenvalue weighted by Crippen LogP contribution is -2.46. The third-order valence-corrected chi connectivity index (χ3v) is 5.73. The van der Waals surface area contributed by atoms with Crippen molar-refractivity contribution in [1.82, 2.24) is 5.32 Å². The van der Waals surface area contributed by atoms with Crippen molar-refractivity contribution in [2.24, 2.45) is 10.7 Å². The molecule has 0 spiro atoms. The minimum absolute atomic E-state index is 0.627. The molecule has 0 fully saturated rings. The van der Waals surface area contributed by atoms with E-state index in [1.807, 2.05) is 20.8 Å². The average Bonchev–Trinajstić information content (AvgIpc) is 2.38. The van der Waals surface area contributed by atoms with Gasteiger partial charge in [0, 0.05) is 32.4 Å². The monoisotopic (exact) mass is 305 g/mol. The largest absolute Gasteiger partial charge is 0.500 e. The summed E-state index contributed by atoms with van der Waals surface area (Å²) in [5, 5.41) is 3.33. The second-order valence-corrected chi connectivity index (χ2v) is 7.09. The van der Waals surface area contributed by atoms with E-state index in [9.17, 15) is 0 Å². The van der Waals surface area contributed by atoms with Crippen LogP contribution in [-0.2, 0) is 13.3 Å². The molecule has 0 aliphatic heterocycles. The Kier molecular flexibility index (Phi) is 12.0. The van der Waals surface area contributed by atoms with Crippen LogP contribution in [0, 0.1) is 0 Å². The molecule has 0 heterocycles. The predicted octanol–water partition coefficient (Wildman–Crippen LogP) is 1.39. The molecule has 0 saturated carbocycles. The van der Waals surface area contributed by atoms with E-state index in [-0.39, 0.29) is 0 Å². The molecule has 0 bridgehead atoms. The summed E-state index contributed by atoms with van der Waals surface area (Å²) in [6, 6.07) is 0.842. The van der Waals surface area contributed by atoms with Crippen LogP contribution in [0.5, 0.6) is 0 Å². The number of nitrogens with one attached hydrogen (secondary N) is 1. The Labute approximate surface area is 124 Å². The molecular weight excluding hydrogens is 274 g/mol. The van der Waals surface area contributed by atoms with Gasteiger partial charge in [0.2, 0.25) is 0 Å². The van der Waals surface area contributed by atoms with Crippen LogP contribution in [0.15, 0.2) is 4.99 Å². The minimum Gasteiger partial charge on any atom is -0.388 e. The fraction of sp³-hybridized carbons (Fsp3) is 0.923. The van der Waals surface area contributed by atoms with Gasteiger partial charge in [-0.15, -0.1) is 0 Å². The maximum atomic E-state index is 5.80. The van der Waals surface area contributed by atoms with E-state index >= 15 is 0 Å². The number of rotatable bonds is 13. The Hall–Kier alpha value is -0.473. The van der Waals surface area contributed by atoms with E-state index in [1.54, 1.807) is 6.92 Å². The molecule has 120 valence electrons. The Bertz CT molecular complexity index is 244. The Morgan fingerprint density at radius 2 is 1.60 bits per heavy atom. The topological polar surface area (TPSA) is 78.1 Å². The van der Waals surface area contributed by atoms with Crippen molar-refractivity contribution >= 4 is 14.6 Å². The van der Waals surface area contributed by atoms with Gasteiger partial charge in [0.05, 0.1) is 12.4 Å². The number of nitrogens with two attached hydrogens (primary N) is 1. The Morgan fingerprint density at radius 3 is 2.05 bits per heavy atom. The van der Waals surface area contributed by atoms with E-state index in [0.29, 0.717) is 32.2 Å². The highest BCUT2D eigenvalue weighted by Gasteiger charge is 2.39. The van der Waals surface area contributed by atoms with Gasteiger partial charge in [-0.2, -0.15) is 0 Å². The highest BCUT2D eigenvalue weighted by atomic mass is 28.4. The molecule has 0 atom stereocenters. The van der Waals surface area contributed by atoms with Crippen LogP contribution in [0.25, 0.3) is 0 Å². The highest BCUT2D eigenvalue weighted by molar-refractivity contribution is 6.60. The molecular formula is C13H31N3O3Si. The second-order valence-electron chi connectivity index (χ2n) is 4.36. The molecule has 0 amide bonds. The van der Waals surface area contributed by atoms with Gasteiger partial charge in [0.1, 0.15) is 0 Å². The van der Waals surface area contributed by atoms with E-state index in [4.69, 9.17) is 19.0 Å². The third-order valence-electron chi connectivity index (χ3n) is 2.58. The molecule has 0 saturated heterocycles. The lowest BCUT2D eigenvalue weighted by atomic mass is 10.4. The van der Waals surface area contributed by atoms with Crippen LogP contribution < -0.4 is 11.1 Å². The van der Waals surface area contributed by atoms with Crippen LogP contribution in [0.1, 0.15) is 34.1 Å². The average molecular weight is 305 g/mol. The number of amidine groups is 1. The van der Waals surface area contributed by atoms with Crippen molar-refractivity contribution in [3.05, 3.63) is 0 Å². The lowest BCUT2D eigenvalue weighted by Gasteiger charge is -2.28. The minimum atomic E-state index is -2.47. The van der Waals surface area contributed by atoms with Gasteiger partial charge >= 0.3 is 8.80 Å². The van der Waals surface area contributed by atoms with Gasteiger partial charge in [0.25, 0.3) is 0 Å². The fourth-order valence-electron chi connectivity index (χ4n) is 1.87. The van der Waals surface area contributed by atoms with Crippen molar-refractivity contribution in [1.29, 1.82) is 0 Å². The van der Waals surface area contributed by atoms with Gasteiger partial charge in [-0.05, 0) is 40.7 Å². The molecule has 0 aromatic carbocycles. The summed E-state index contributed by atoms with van der Waals surface area (Å²) < 4.78 is 17.4. The molecule has 0 radical (unpaired) electrons. The van der Waals surface area contributed by atoms with E-state index < -0.39 is 8.80 Å².